The highest BCUT2D eigenvalue weighted by Gasteiger charge is 2.29. The van der Waals surface area contributed by atoms with E-state index >= 15 is 0 Å². The normalized spacial score (nSPS) is 11.3. The first-order valence-corrected chi connectivity index (χ1v) is 9.93. The predicted octanol–water partition coefficient (Wildman–Crippen LogP) is 2.94. The van der Waals surface area contributed by atoms with Gasteiger partial charge in [-0.05, 0) is 48.0 Å². The van der Waals surface area contributed by atoms with Crippen LogP contribution >= 0.6 is 0 Å². The summed E-state index contributed by atoms with van der Waals surface area (Å²) < 4.78 is 44.3. The largest absolute Gasteiger partial charge is 0.530 e. The molecule has 0 aliphatic carbocycles. The zero-order chi connectivity index (χ0) is 25.2. The van der Waals surface area contributed by atoms with Crippen molar-refractivity contribution in [3.8, 4) is 16.9 Å². The first-order valence-electron chi connectivity index (χ1n) is 9.93. The molecule has 0 fully saturated rings. The Bertz CT molecular complexity index is 1400. The maximum absolute atomic E-state index is 12.7. The van der Waals surface area contributed by atoms with Crippen LogP contribution < -0.4 is 26.2 Å². The molecule has 10 nitrogen and oxygen atoms in total. The summed E-state index contributed by atoms with van der Waals surface area (Å²) in [4.78, 5) is 26.3. The third-order valence-electron chi connectivity index (χ3n) is 4.70. The van der Waals surface area contributed by atoms with Gasteiger partial charge in [0.1, 0.15) is 11.8 Å². The summed E-state index contributed by atoms with van der Waals surface area (Å²) in [7, 11) is 0. The summed E-state index contributed by atoms with van der Waals surface area (Å²) in [6.07, 6.45) is -4.33. The van der Waals surface area contributed by atoms with Crippen molar-refractivity contribution >= 4 is 35.0 Å². The van der Waals surface area contributed by atoms with Crippen LogP contribution in [0.1, 0.15) is 10.4 Å². The molecule has 0 aliphatic rings. The van der Waals surface area contributed by atoms with Gasteiger partial charge in [0, 0.05) is 23.0 Å². The van der Waals surface area contributed by atoms with E-state index < -0.39 is 24.8 Å². The van der Waals surface area contributed by atoms with Crippen molar-refractivity contribution in [2.75, 3.05) is 17.2 Å². The fraction of sp³-hybridized carbons (Fsp3) is 0.0909. The predicted molar refractivity (Wildman–Crippen MR) is 117 cm³/mol. The Morgan fingerprint density at radius 1 is 1.06 bits per heavy atom. The van der Waals surface area contributed by atoms with Gasteiger partial charge in [-0.25, -0.2) is 4.52 Å². The van der Waals surface area contributed by atoms with E-state index in [1.165, 1.54) is 16.6 Å². The monoisotopic (exact) mass is 485 g/mol. The van der Waals surface area contributed by atoms with E-state index in [2.05, 4.69) is 20.7 Å². The Morgan fingerprint density at radius 2 is 1.77 bits per heavy atom. The number of hydrogen-bond donors (Lipinski definition) is 3. The number of hydrogen-bond acceptors (Lipinski definition) is 7. The Morgan fingerprint density at radius 3 is 2.43 bits per heavy atom. The molecule has 0 unspecified atom stereocenters. The second-order valence-corrected chi connectivity index (χ2v) is 7.25. The highest BCUT2D eigenvalue weighted by Crippen LogP contribution is 2.30. The summed E-state index contributed by atoms with van der Waals surface area (Å²) in [6.45, 7) is -1.57. The first kappa shape index (κ1) is 23.4. The van der Waals surface area contributed by atoms with E-state index in [1.54, 1.807) is 42.6 Å². The number of amides is 2. The van der Waals surface area contributed by atoms with Crippen LogP contribution in [0.15, 0.2) is 60.8 Å². The van der Waals surface area contributed by atoms with Crippen molar-refractivity contribution in [1.82, 2.24) is 14.6 Å². The van der Waals surface area contributed by atoms with Crippen LogP contribution in [0.3, 0.4) is 0 Å². The number of carboxylic acid groups (broad SMARTS) is 1. The number of nitrogens with two attached hydrogens (primary N) is 1. The Balaban J connectivity index is 1.59. The number of primary amides is 1. The lowest BCUT2D eigenvalue weighted by molar-refractivity contribution is -0.242. The number of pyridine rings is 1. The summed E-state index contributed by atoms with van der Waals surface area (Å²) in [5.74, 6) is -1.00. The molecule has 35 heavy (non-hydrogen) atoms. The molecule has 4 N–H and O–H groups in total. The van der Waals surface area contributed by atoms with E-state index in [4.69, 9.17) is 10.5 Å². The van der Waals surface area contributed by atoms with Crippen molar-refractivity contribution in [3.05, 3.63) is 66.4 Å². The van der Waals surface area contributed by atoms with Gasteiger partial charge in [-0.2, -0.15) is 18.2 Å². The molecular formula is C22H16F3N6O4-. The molecule has 0 saturated carbocycles. The quantitative estimate of drug-likeness (QED) is 0.365. The molecule has 180 valence electrons. The standard InChI is InChI=1S/C22H17F3N6O4/c23-22(24,25)11-35-17-9-13(19(26)32)3-7-16(17)28-20-29-18-8-4-14(10-31(18)30-20)12-1-5-15(6-2-12)27-21(33)34/h1-10,27H,11H2,(H2,26,32)(H,28,30)(H,33,34)/p-1. The molecule has 4 aromatic rings. The minimum atomic E-state index is -4.59. The minimum absolute atomic E-state index is 0.0267. The van der Waals surface area contributed by atoms with E-state index in [0.717, 1.165) is 17.2 Å². The number of benzene rings is 2. The maximum Gasteiger partial charge on any atom is 0.422 e. The molecule has 4 rings (SSSR count). The van der Waals surface area contributed by atoms with Crippen molar-refractivity contribution in [2.24, 2.45) is 5.73 Å². The van der Waals surface area contributed by atoms with Gasteiger partial charge in [-0.1, -0.05) is 12.1 Å². The molecule has 0 aliphatic heterocycles. The molecule has 0 atom stereocenters. The summed E-state index contributed by atoms with van der Waals surface area (Å²) in [5.41, 5.74) is 7.60. The minimum Gasteiger partial charge on any atom is -0.530 e. The lowest BCUT2D eigenvalue weighted by Gasteiger charge is -2.14. The molecule has 2 aromatic carbocycles. The van der Waals surface area contributed by atoms with Gasteiger partial charge in [-0.15, -0.1) is 5.10 Å². The summed E-state index contributed by atoms with van der Waals surface area (Å²) >= 11 is 0. The lowest BCUT2D eigenvalue weighted by Crippen LogP contribution is -2.28. The van der Waals surface area contributed by atoms with Gasteiger partial charge in [0.2, 0.25) is 11.9 Å². The van der Waals surface area contributed by atoms with E-state index in [1.807, 2.05) is 0 Å². The smallest absolute Gasteiger partial charge is 0.422 e. The number of nitrogens with zero attached hydrogens (tertiary/aromatic N) is 3. The number of carbonyl (C=O) groups excluding carboxylic acids is 2. The van der Waals surface area contributed by atoms with E-state index in [-0.39, 0.29) is 22.9 Å². The Kier molecular flexibility index (Phi) is 6.14. The number of carbonyl (C=O) groups is 2. The fourth-order valence-corrected chi connectivity index (χ4v) is 3.15. The molecule has 13 heteroatoms. The second-order valence-electron chi connectivity index (χ2n) is 7.25. The van der Waals surface area contributed by atoms with Crippen molar-refractivity contribution in [1.29, 1.82) is 0 Å². The molecule has 0 saturated heterocycles. The van der Waals surface area contributed by atoms with Crippen LogP contribution in [0, 0.1) is 0 Å². The topological polar surface area (TPSA) is 147 Å². The van der Waals surface area contributed by atoms with Gasteiger partial charge < -0.3 is 31.0 Å². The highest BCUT2D eigenvalue weighted by molar-refractivity contribution is 5.94. The van der Waals surface area contributed by atoms with Crippen LogP contribution in [0.25, 0.3) is 16.8 Å². The van der Waals surface area contributed by atoms with Crippen LogP contribution in [0.4, 0.5) is 35.3 Å². The summed E-state index contributed by atoms with van der Waals surface area (Å²) in [5, 5.41) is 19.8. The third kappa shape index (κ3) is 5.76. The lowest BCUT2D eigenvalue weighted by atomic mass is 10.1. The van der Waals surface area contributed by atoms with E-state index in [9.17, 15) is 27.9 Å². The molecule has 0 radical (unpaired) electrons. The van der Waals surface area contributed by atoms with Crippen molar-refractivity contribution < 1.29 is 32.6 Å². The van der Waals surface area contributed by atoms with Crippen LogP contribution in [-0.4, -0.2) is 39.4 Å². The first-order chi connectivity index (χ1) is 16.6. The highest BCUT2D eigenvalue weighted by atomic mass is 19.4. The van der Waals surface area contributed by atoms with E-state index in [0.29, 0.717) is 11.3 Å². The molecular weight excluding hydrogens is 469 g/mol. The molecule has 2 aromatic heterocycles. The SMILES string of the molecule is NC(=O)c1ccc(Nc2nc3ccc(-c4ccc(NC(=O)[O-])cc4)cn3n2)c(OCC(F)(F)F)c1. The van der Waals surface area contributed by atoms with Gasteiger partial charge in [-0.3, -0.25) is 4.79 Å². The molecule has 2 heterocycles. The van der Waals surface area contributed by atoms with Crippen LogP contribution in [-0.2, 0) is 0 Å². The third-order valence-corrected chi connectivity index (χ3v) is 4.70. The van der Waals surface area contributed by atoms with Crippen LogP contribution in [0.5, 0.6) is 5.75 Å². The average molecular weight is 485 g/mol. The number of halogens is 3. The number of aromatic nitrogens is 3. The zero-order valence-corrected chi connectivity index (χ0v) is 17.7. The number of alkyl halides is 3. The summed E-state index contributed by atoms with van der Waals surface area (Å²) in [6, 6.07) is 13.8. The molecule has 0 spiro atoms. The second kappa shape index (κ2) is 9.21. The number of nitrogens with one attached hydrogen (secondary N) is 2. The van der Waals surface area contributed by atoms with Gasteiger partial charge >= 0.3 is 6.18 Å². The number of ether oxygens (including phenoxy) is 1. The fourth-order valence-electron chi connectivity index (χ4n) is 3.15. The molecule has 2 amide bonds. The van der Waals surface area contributed by atoms with Crippen molar-refractivity contribution in [2.45, 2.75) is 6.18 Å². The number of fused-ring (bicyclic) bond motifs is 1. The number of rotatable bonds is 7. The maximum atomic E-state index is 12.7. The Hall–Kier alpha value is -4.81. The van der Waals surface area contributed by atoms with Gasteiger partial charge in [0.05, 0.1) is 5.69 Å². The Labute approximate surface area is 195 Å². The van der Waals surface area contributed by atoms with Gasteiger partial charge in [0.25, 0.3) is 0 Å². The average Bonchev–Trinajstić information content (AvgIpc) is 3.19. The number of anilines is 3. The van der Waals surface area contributed by atoms with Crippen molar-refractivity contribution in [3.63, 3.8) is 0 Å². The van der Waals surface area contributed by atoms with Crippen LogP contribution in [0.2, 0.25) is 0 Å². The zero-order valence-electron chi connectivity index (χ0n) is 17.7. The van der Waals surface area contributed by atoms with Gasteiger partial charge in [0.15, 0.2) is 12.3 Å². The molecule has 0 bridgehead atoms.